The van der Waals surface area contributed by atoms with E-state index < -0.39 is 0 Å². The van der Waals surface area contributed by atoms with E-state index in [1.54, 1.807) is 19.2 Å². The molecule has 2 amide bonds. The van der Waals surface area contributed by atoms with Gasteiger partial charge in [0.15, 0.2) is 0 Å². The number of anilines is 1. The average molecular weight is 515 g/mol. The van der Waals surface area contributed by atoms with Crippen LogP contribution in [0.15, 0.2) is 48.5 Å². The molecule has 0 aliphatic heterocycles. The van der Waals surface area contributed by atoms with Gasteiger partial charge in [-0.3, -0.25) is 0 Å². The van der Waals surface area contributed by atoms with Gasteiger partial charge in [0.05, 0.1) is 0 Å². The molecule has 2 fully saturated rings. The molecule has 0 atom stereocenters. The number of carbonyl (C=O) groups excluding carboxylic acids is 1. The standard InChI is InChI=1S/C15H16N2O2.2C6H12.3C2H6/c1-11-3-7-13(8-4-11)19-14-9-5-12(6-10-14)17-15(18)16-2;2*1-2-4-6-5-3-1;3*1-2/h3-10H,1-2H3,(H2,16,17,18);2*1-6H2;3*1-2H3. The van der Waals surface area contributed by atoms with Crippen molar-refractivity contribution in [3.05, 3.63) is 54.1 Å². The molecule has 0 unspecified atom stereocenters. The Bertz CT molecular complexity index is 684. The fourth-order valence-electron chi connectivity index (χ4n) is 3.66. The summed E-state index contributed by atoms with van der Waals surface area (Å²) in [4.78, 5) is 11.1. The van der Waals surface area contributed by atoms with Crippen LogP contribution in [0.1, 0.15) is 124 Å². The Morgan fingerprint density at radius 1 is 0.568 bits per heavy atom. The van der Waals surface area contributed by atoms with Gasteiger partial charge in [-0.2, -0.15) is 0 Å². The smallest absolute Gasteiger partial charge is 0.318 e. The first-order valence-electron chi connectivity index (χ1n) is 15.0. The third-order valence-electron chi connectivity index (χ3n) is 5.60. The van der Waals surface area contributed by atoms with E-state index in [2.05, 4.69) is 10.6 Å². The Labute approximate surface area is 230 Å². The Morgan fingerprint density at radius 3 is 1.16 bits per heavy atom. The number of urea groups is 1. The minimum atomic E-state index is -0.243. The van der Waals surface area contributed by atoms with Gasteiger partial charge in [0.1, 0.15) is 11.5 Å². The molecule has 2 aromatic carbocycles. The van der Waals surface area contributed by atoms with Crippen LogP contribution in [-0.2, 0) is 0 Å². The molecular weight excluding hydrogens is 456 g/mol. The van der Waals surface area contributed by atoms with Gasteiger partial charge in [-0.05, 0) is 43.3 Å². The van der Waals surface area contributed by atoms with E-state index in [-0.39, 0.29) is 6.03 Å². The highest BCUT2D eigenvalue weighted by atomic mass is 16.5. The summed E-state index contributed by atoms with van der Waals surface area (Å²) in [7, 11) is 1.57. The fraction of sp³-hybridized carbons (Fsp3) is 0.606. The van der Waals surface area contributed by atoms with Crippen molar-refractivity contribution in [2.24, 2.45) is 0 Å². The summed E-state index contributed by atoms with van der Waals surface area (Å²) in [6.07, 6.45) is 18.0. The summed E-state index contributed by atoms with van der Waals surface area (Å²) < 4.78 is 5.69. The quantitative estimate of drug-likeness (QED) is 0.428. The van der Waals surface area contributed by atoms with Crippen molar-refractivity contribution in [3.63, 3.8) is 0 Å². The van der Waals surface area contributed by atoms with Crippen LogP contribution in [0, 0.1) is 6.92 Å². The first-order chi connectivity index (χ1) is 18.2. The Kier molecular flexibility index (Phi) is 27.8. The van der Waals surface area contributed by atoms with Crippen molar-refractivity contribution >= 4 is 11.7 Å². The van der Waals surface area contributed by atoms with Crippen molar-refractivity contribution in [2.45, 2.75) is 126 Å². The van der Waals surface area contributed by atoms with E-state index in [4.69, 9.17) is 4.74 Å². The van der Waals surface area contributed by atoms with Crippen LogP contribution < -0.4 is 15.4 Å². The molecule has 4 rings (SSSR count). The first kappa shape index (κ1) is 36.7. The summed E-state index contributed by atoms with van der Waals surface area (Å²) in [5.74, 6) is 1.52. The number of rotatable bonds is 3. The van der Waals surface area contributed by atoms with Gasteiger partial charge in [0.25, 0.3) is 0 Å². The predicted octanol–water partition coefficient (Wildman–Crippen LogP) is 11.3. The van der Waals surface area contributed by atoms with Gasteiger partial charge in [0, 0.05) is 12.7 Å². The molecule has 2 N–H and O–H groups in total. The third kappa shape index (κ3) is 21.3. The van der Waals surface area contributed by atoms with E-state index >= 15 is 0 Å². The SMILES string of the molecule is C1CCCCC1.C1CCCCC1.CC.CC.CC.CNC(=O)Nc1ccc(Oc2ccc(C)cc2)cc1. The van der Waals surface area contributed by atoms with Gasteiger partial charge in [-0.25, -0.2) is 4.79 Å². The summed E-state index contributed by atoms with van der Waals surface area (Å²) >= 11 is 0. The number of ether oxygens (including phenoxy) is 1. The van der Waals surface area contributed by atoms with Crippen LogP contribution >= 0.6 is 0 Å². The zero-order valence-electron chi connectivity index (χ0n) is 25.4. The molecule has 2 aromatic rings. The molecule has 0 radical (unpaired) electrons. The van der Waals surface area contributed by atoms with Crippen molar-refractivity contribution in [1.29, 1.82) is 0 Å². The lowest BCUT2D eigenvalue weighted by Crippen LogP contribution is -2.24. The second-order valence-corrected chi connectivity index (χ2v) is 8.39. The van der Waals surface area contributed by atoms with Gasteiger partial charge >= 0.3 is 6.03 Å². The topological polar surface area (TPSA) is 50.4 Å². The summed E-state index contributed by atoms with van der Waals surface area (Å²) in [5.41, 5.74) is 1.91. The largest absolute Gasteiger partial charge is 0.457 e. The van der Waals surface area contributed by atoms with Crippen LogP contribution in [0.2, 0.25) is 0 Å². The number of hydrogen-bond acceptors (Lipinski definition) is 2. The van der Waals surface area contributed by atoms with Gasteiger partial charge in [-0.1, -0.05) is 136 Å². The second kappa shape index (κ2) is 28.1. The molecule has 0 spiro atoms. The van der Waals surface area contributed by atoms with E-state index in [1.165, 1.54) is 82.6 Å². The molecule has 4 nitrogen and oxygen atoms in total. The molecule has 4 heteroatoms. The summed E-state index contributed by atoms with van der Waals surface area (Å²) in [5, 5.41) is 5.18. The van der Waals surface area contributed by atoms with E-state index in [9.17, 15) is 4.79 Å². The lowest BCUT2D eigenvalue weighted by atomic mass is 10.0. The number of benzene rings is 2. The number of nitrogens with one attached hydrogen (secondary N) is 2. The first-order valence-corrected chi connectivity index (χ1v) is 15.0. The maximum absolute atomic E-state index is 11.1. The predicted molar refractivity (Wildman–Crippen MR) is 165 cm³/mol. The minimum absolute atomic E-state index is 0.243. The Balaban J connectivity index is 0. The number of aryl methyl sites for hydroxylation is 1. The molecule has 2 aliphatic rings. The fourth-order valence-corrected chi connectivity index (χ4v) is 3.66. The van der Waals surface area contributed by atoms with Crippen molar-refractivity contribution < 1.29 is 9.53 Å². The van der Waals surface area contributed by atoms with Gasteiger partial charge in [0.2, 0.25) is 0 Å². The van der Waals surface area contributed by atoms with E-state index in [0.29, 0.717) is 0 Å². The maximum Gasteiger partial charge on any atom is 0.318 e. The molecule has 2 aliphatic carbocycles. The third-order valence-corrected chi connectivity index (χ3v) is 5.60. The minimum Gasteiger partial charge on any atom is -0.457 e. The second-order valence-electron chi connectivity index (χ2n) is 8.39. The van der Waals surface area contributed by atoms with Crippen molar-refractivity contribution in [2.75, 3.05) is 12.4 Å². The van der Waals surface area contributed by atoms with Crippen LogP contribution in [-0.4, -0.2) is 13.1 Å². The van der Waals surface area contributed by atoms with Crippen LogP contribution in [0.5, 0.6) is 11.5 Å². The lowest BCUT2D eigenvalue weighted by Gasteiger charge is -2.08. The number of hydrogen-bond donors (Lipinski definition) is 2. The van der Waals surface area contributed by atoms with Crippen molar-refractivity contribution in [3.8, 4) is 11.5 Å². The van der Waals surface area contributed by atoms with Gasteiger partial charge in [-0.15, -0.1) is 0 Å². The van der Waals surface area contributed by atoms with E-state index in [1.807, 2.05) is 84.9 Å². The van der Waals surface area contributed by atoms with Crippen LogP contribution in [0.25, 0.3) is 0 Å². The zero-order valence-corrected chi connectivity index (χ0v) is 25.4. The number of amides is 2. The molecule has 0 aromatic heterocycles. The maximum atomic E-state index is 11.1. The highest BCUT2D eigenvalue weighted by Crippen LogP contribution is 2.23. The molecule has 37 heavy (non-hydrogen) atoms. The Hall–Kier alpha value is -2.49. The van der Waals surface area contributed by atoms with Crippen LogP contribution in [0.3, 0.4) is 0 Å². The zero-order chi connectivity index (χ0) is 28.2. The number of carbonyl (C=O) groups is 1. The average Bonchev–Trinajstić information content (AvgIpc) is 3.01. The Morgan fingerprint density at radius 2 is 0.865 bits per heavy atom. The van der Waals surface area contributed by atoms with Crippen molar-refractivity contribution in [1.82, 2.24) is 5.32 Å². The lowest BCUT2D eigenvalue weighted by molar-refractivity contribution is 0.254. The monoisotopic (exact) mass is 514 g/mol. The molecule has 2 saturated carbocycles. The molecule has 0 bridgehead atoms. The highest BCUT2D eigenvalue weighted by molar-refractivity contribution is 5.88. The molecular formula is C33H58N2O2. The van der Waals surface area contributed by atoms with Gasteiger partial charge < -0.3 is 15.4 Å². The summed E-state index contributed by atoms with van der Waals surface area (Å²) in [6, 6.07) is 14.8. The summed E-state index contributed by atoms with van der Waals surface area (Å²) in [6.45, 7) is 14.0. The van der Waals surface area contributed by atoms with E-state index in [0.717, 1.165) is 17.2 Å². The molecule has 0 heterocycles. The highest BCUT2D eigenvalue weighted by Gasteiger charge is 2.00. The molecule has 212 valence electrons. The normalized spacial score (nSPS) is 13.3. The van der Waals surface area contributed by atoms with Crippen LogP contribution in [0.4, 0.5) is 10.5 Å². The molecule has 0 saturated heterocycles.